The van der Waals surface area contributed by atoms with Gasteiger partial charge in [0.1, 0.15) is 0 Å². The normalized spacial score (nSPS) is 12.8. The standard InChI is InChI=1S/C72H135NO5/c1-3-5-7-9-11-13-14-42-46-50-54-58-62-66-72(77)78-67-63-59-55-51-47-44-41-39-37-35-33-31-29-27-25-23-21-19-17-15-16-18-20-22-24-26-28-30-32-34-36-38-40-43-45-49-53-57-61-65-71(76)73-69(68-74)70(75)64-60-56-52-48-12-10-8-6-4-2/h13-16,19,21,60,64,69-70,74-75H,3-12,17-18,20,22-59,61-63,65-68H2,1-2H3,(H,73,76)/b14-13-,16-15-,21-19-,64-60+. The minimum atomic E-state index is -0.840. The molecule has 0 aromatic rings. The number of aliphatic hydroxyl groups is 2. The summed E-state index contributed by atoms with van der Waals surface area (Å²) in [7, 11) is 0. The van der Waals surface area contributed by atoms with Crippen LogP contribution in [0.2, 0.25) is 0 Å². The number of amides is 1. The third-order valence-electron chi connectivity index (χ3n) is 16.1. The first-order valence-electron chi connectivity index (χ1n) is 34.9. The molecule has 0 aliphatic carbocycles. The van der Waals surface area contributed by atoms with Crippen LogP contribution >= 0.6 is 0 Å². The number of carbonyl (C=O) groups is 2. The van der Waals surface area contributed by atoms with Crippen molar-refractivity contribution >= 4 is 11.9 Å². The molecule has 0 fully saturated rings. The van der Waals surface area contributed by atoms with E-state index in [1.54, 1.807) is 6.08 Å². The first-order chi connectivity index (χ1) is 38.5. The number of esters is 1. The van der Waals surface area contributed by atoms with Gasteiger partial charge in [0, 0.05) is 12.8 Å². The summed E-state index contributed by atoms with van der Waals surface area (Å²) in [6.07, 6.45) is 87.9. The van der Waals surface area contributed by atoms with Crippen LogP contribution in [0, 0.1) is 0 Å². The summed E-state index contributed by atoms with van der Waals surface area (Å²) in [5, 5.41) is 23.0. The lowest BCUT2D eigenvalue weighted by molar-refractivity contribution is -0.143. The molecule has 0 saturated carbocycles. The Hall–Kier alpha value is -2.18. The number of unbranched alkanes of at least 4 members (excludes halogenated alkanes) is 48. The monoisotopic (exact) mass is 1090 g/mol. The summed E-state index contributed by atoms with van der Waals surface area (Å²) in [5.41, 5.74) is 0. The van der Waals surface area contributed by atoms with Gasteiger partial charge in [0.2, 0.25) is 5.91 Å². The Kier molecular flexibility index (Phi) is 65.4. The van der Waals surface area contributed by atoms with E-state index >= 15 is 0 Å². The molecule has 0 radical (unpaired) electrons. The van der Waals surface area contributed by atoms with E-state index in [9.17, 15) is 19.8 Å². The van der Waals surface area contributed by atoms with Gasteiger partial charge >= 0.3 is 5.97 Å². The molecule has 0 aromatic carbocycles. The van der Waals surface area contributed by atoms with E-state index in [1.165, 1.54) is 295 Å². The van der Waals surface area contributed by atoms with Gasteiger partial charge in [-0.1, -0.05) is 319 Å². The van der Waals surface area contributed by atoms with Crippen LogP contribution in [0.3, 0.4) is 0 Å². The highest BCUT2D eigenvalue weighted by Crippen LogP contribution is 2.18. The first-order valence-corrected chi connectivity index (χ1v) is 34.9. The SMILES string of the molecule is CCCCCC/C=C\CCCCCCCC(=O)OCCCCCCCCCCCCCCCCC/C=C\C/C=C\CCCCCCCCCCCCCCCCCCCC(=O)NC(CO)C(O)/C=C/CCCCCCCCC. The molecular weight excluding hydrogens is 959 g/mol. The summed E-state index contributed by atoms with van der Waals surface area (Å²) in [6.45, 7) is 4.87. The zero-order chi connectivity index (χ0) is 56.4. The Morgan fingerprint density at radius 3 is 1.00 bits per heavy atom. The average molecular weight is 1090 g/mol. The summed E-state index contributed by atoms with van der Waals surface area (Å²) >= 11 is 0. The number of nitrogens with one attached hydrogen (secondary N) is 1. The third-order valence-corrected chi connectivity index (χ3v) is 16.1. The number of allylic oxidation sites excluding steroid dienone is 7. The van der Waals surface area contributed by atoms with Gasteiger partial charge < -0.3 is 20.3 Å². The molecule has 458 valence electrons. The van der Waals surface area contributed by atoms with E-state index in [0.29, 0.717) is 19.4 Å². The van der Waals surface area contributed by atoms with E-state index in [0.717, 1.165) is 51.4 Å². The van der Waals surface area contributed by atoms with Gasteiger partial charge in [0.05, 0.1) is 25.4 Å². The fourth-order valence-corrected chi connectivity index (χ4v) is 10.7. The fraction of sp³-hybridized carbons (Fsp3) is 0.861. The molecular formula is C72H135NO5. The highest BCUT2D eigenvalue weighted by molar-refractivity contribution is 5.76. The lowest BCUT2D eigenvalue weighted by Crippen LogP contribution is -2.45. The number of carbonyl (C=O) groups excluding carboxylic acids is 2. The molecule has 0 aliphatic rings. The van der Waals surface area contributed by atoms with Crippen molar-refractivity contribution in [1.29, 1.82) is 0 Å². The lowest BCUT2D eigenvalue weighted by atomic mass is 10.0. The molecule has 1 amide bonds. The lowest BCUT2D eigenvalue weighted by Gasteiger charge is -2.20. The summed E-state index contributed by atoms with van der Waals surface area (Å²) in [6, 6.07) is -0.623. The van der Waals surface area contributed by atoms with Gasteiger partial charge in [0.15, 0.2) is 0 Å². The molecule has 0 heterocycles. The molecule has 3 N–H and O–H groups in total. The van der Waals surface area contributed by atoms with Crippen LogP contribution < -0.4 is 5.32 Å². The highest BCUT2D eigenvalue weighted by Gasteiger charge is 2.18. The van der Waals surface area contributed by atoms with Crippen LogP contribution in [-0.2, 0) is 14.3 Å². The molecule has 6 nitrogen and oxygen atoms in total. The van der Waals surface area contributed by atoms with Gasteiger partial charge in [-0.25, -0.2) is 0 Å². The number of hydrogen-bond donors (Lipinski definition) is 3. The number of aliphatic hydroxyl groups excluding tert-OH is 2. The van der Waals surface area contributed by atoms with E-state index < -0.39 is 12.1 Å². The Bertz CT molecular complexity index is 1310. The minimum Gasteiger partial charge on any atom is -0.466 e. The quantitative estimate of drug-likeness (QED) is 0.0320. The number of rotatable bonds is 65. The van der Waals surface area contributed by atoms with Crippen molar-refractivity contribution in [3.63, 3.8) is 0 Å². The molecule has 6 heteroatoms. The van der Waals surface area contributed by atoms with Crippen molar-refractivity contribution in [2.24, 2.45) is 0 Å². The highest BCUT2D eigenvalue weighted by atomic mass is 16.5. The summed E-state index contributed by atoms with van der Waals surface area (Å²) in [4.78, 5) is 24.4. The van der Waals surface area contributed by atoms with Gasteiger partial charge in [-0.3, -0.25) is 9.59 Å². The predicted molar refractivity (Wildman–Crippen MR) is 342 cm³/mol. The third kappa shape index (κ3) is 63.0. The zero-order valence-corrected chi connectivity index (χ0v) is 52.4. The van der Waals surface area contributed by atoms with Crippen LogP contribution in [0.5, 0.6) is 0 Å². The second-order valence-corrected chi connectivity index (χ2v) is 23.9. The van der Waals surface area contributed by atoms with Crippen molar-refractivity contribution in [1.82, 2.24) is 5.32 Å². The van der Waals surface area contributed by atoms with E-state index in [2.05, 4.69) is 55.6 Å². The first kappa shape index (κ1) is 75.8. The van der Waals surface area contributed by atoms with E-state index in [4.69, 9.17) is 4.74 Å². The fourth-order valence-electron chi connectivity index (χ4n) is 10.7. The summed E-state index contributed by atoms with van der Waals surface area (Å²) in [5.74, 6) is -0.0561. The molecule has 0 spiro atoms. The molecule has 0 aromatic heterocycles. The van der Waals surface area contributed by atoms with Crippen LogP contribution in [0.1, 0.15) is 373 Å². The zero-order valence-electron chi connectivity index (χ0n) is 52.4. The maximum Gasteiger partial charge on any atom is 0.305 e. The Balaban J connectivity index is 3.34. The molecule has 0 bridgehead atoms. The minimum absolute atomic E-state index is 0.0107. The average Bonchev–Trinajstić information content (AvgIpc) is 3.44. The van der Waals surface area contributed by atoms with E-state index in [-0.39, 0.29) is 18.5 Å². The van der Waals surface area contributed by atoms with Crippen molar-refractivity contribution in [2.75, 3.05) is 13.2 Å². The van der Waals surface area contributed by atoms with Crippen LogP contribution in [0.4, 0.5) is 0 Å². The predicted octanol–water partition coefficient (Wildman–Crippen LogP) is 22.5. The van der Waals surface area contributed by atoms with Gasteiger partial charge in [-0.2, -0.15) is 0 Å². The number of ether oxygens (including phenoxy) is 1. The van der Waals surface area contributed by atoms with Crippen molar-refractivity contribution in [2.45, 2.75) is 386 Å². The topological polar surface area (TPSA) is 95.9 Å². The summed E-state index contributed by atoms with van der Waals surface area (Å²) < 4.78 is 5.48. The largest absolute Gasteiger partial charge is 0.466 e. The van der Waals surface area contributed by atoms with Crippen molar-refractivity contribution < 1.29 is 24.5 Å². The molecule has 2 atom stereocenters. The van der Waals surface area contributed by atoms with Crippen molar-refractivity contribution in [3.05, 3.63) is 48.6 Å². The number of hydrogen-bond acceptors (Lipinski definition) is 5. The maximum atomic E-state index is 12.4. The van der Waals surface area contributed by atoms with Crippen LogP contribution in [0.25, 0.3) is 0 Å². The molecule has 0 aliphatic heterocycles. The molecule has 0 saturated heterocycles. The molecule has 78 heavy (non-hydrogen) atoms. The van der Waals surface area contributed by atoms with E-state index in [1.807, 2.05) is 6.08 Å². The Morgan fingerprint density at radius 1 is 0.359 bits per heavy atom. The van der Waals surface area contributed by atoms with Gasteiger partial charge in [-0.15, -0.1) is 0 Å². The molecule has 0 rings (SSSR count). The van der Waals surface area contributed by atoms with Gasteiger partial charge in [0.25, 0.3) is 0 Å². The van der Waals surface area contributed by atoms with Crippen LogP contribution in [0.15, 0.2) is 48.6 Å². The van der Waals surface area contributed by atoms with Crippen molar-refractivity contribution in [3.8, 4) is 0 Å². The van der Waals surface area contributed by atoms with Crippen LogP contribution in [-0.4, -0.2) is 47.4 Å². The second kappa shape index (κ2) is 67.3. The second-order valence-electron chi connectivity index (χ2n) is 23.9. The Labute approximate surface area is 486 Å². The van der Waals surface area contributed by atoms with Gasteiger partial charge in [-0.05, 0) is 89.9 Å². The Morgan fingerprint density at radius 2 is 0.641 bits per heavy atom. The smallest absolute Gasteiger partial charge is 0.305 e. The maximum absolute atomic E-state index is 12.4. The molecule has 2 unspecified atom stereocenters.